The molecule has 1 saturated heterocycles. The molecule has 0 radical (unpaired) electrons. The molecule has 0 N–H and O–H groups in total. The van der Waals surface area contributed by atoms with Crippen molar-refractivity contribution in [3.05, 3.63) is 30.3 Å². The van der Waals surface area contributed by atoms with Crippen molar-refractivity contribution < 1.29 is 8.42 Å². The highest BCUT2D eigenvalue weighted by molar-refractivity contribution is 7.91. The standard InChI is InChI=1S/C16H25NO2S/c18-20(19,16-10-4-1-5-11-16)15-9-3-8-14-17-12-6-2-7-13-17/h1,4-5,10-11H,2-3,6-9,12-15H2. The van der Waals surface area contributed by atoms with Crippen LogP contribution in [0.1, 0.15) is 38.5 Å². The summed E-state index contributed by atoms with van der Waals surface area (Å²) in [5, 5.41) is 0. The topological polar surface area (TPSA) is 37.4 Å². The van der Waals surface area contributed by atoms with E-state index in [1.54, 1.807) is 24.3 Å². The van der Waals surface area contributed by atoms with Crippen molar-refractivity contribution in [2.45, 2.75) is 43.4 Å². The molecule has 1 aliphatic rings. The number of likely N-dealkylation sites (tertiary alicyclic amines) is 1. The van der Waals surface area contributed by atoms with E-state index in [1.807, 2.05) is 6.07 Å². The van der Waals surface area contributed by atoms with Gasteiger partial charge in [0, 0.05) is 0 Å². The predicted molar refractivity (Wildman–Crippen MR) is 82.6 cm³/mol. The van der Waals surface area contributed by atoms with Crippen LogP contribution in [0.5, 0.6) is 0 Å². The van der Waals surface area contributed by atoms with Gasteiger partial charge in [-0.15, -0.1) is 0 Å². The molecule has 0 amide bonds. The normalized spacial score (nSPS) is 17.2. The van der Waals surface area contributed by atoms with Gasteiger partial charge in [-0.05, 0) is 57.5 Å². The van der Waals surface area contributed by atoms with E-state index in [0.717, 1.165) is 25.8 Å². The van der Waals surface area contributed by atoms with Crippen LogP contribution in [0.15, 0.2) is 35.2 Å². The lowest BCUT2D eigenvalue weighted by atomic mass is 10.1. The van der Waals surface area contributed by atoms with Gasteiger partial charge in [0.25, 0.3) is 0 Å². The molecule has 0 aromatic heterocycles. The summed E-state index contributed by atoms with van der Waals surface area (Å²) in [6.07, 6.45) is 6.90. The molecular formula is C16H25NO2S. The molecular weight excluding hydrogens is 270 g/mol. The molecule has 0 spiro atoms. The first kappa shape index (κ1) is 15.5. The molecule has 3 nitrogen and oxygen atoms in total. The first-order chi connectivity index (χ1) is 9.68. The monoisotopic (exact) mass is 295 g/mol. The van der Waals surface area contributed by atoms with Crippen LogP contribution in [0, 0.1) is 0 Å². The molecule has 4 heteroatoms. The van der Waals surface area contributed by atoms with E-state index < -0.39 is 9.84 Å². The molecule has 0 saturated carbocycles. The van der Waals surface area contributed by atoms with Gasteiger partial charge in [0.05, 0.1) is 10.6 Å². The molecule has 0 unspecified atom stereocenters. The Labute approximate surface area is 122 Å². The molecule has 1 aliphatic heterocycles. The molecule has 112 valence electrons. The van der Waals surface area contributed by atoms with Crippen LogP contribution in [0.25, 0.3) is 0 Å². The largest absolute Gasteiger partial charge is 0.303 e. The Balaban J connectivity index is 1.65. The van der Waals surface area contributed by atoms with Crippen molar-refractivity contribution in [1.29, 1.82) is 0 Å². The Morgan fingerprint density at radius 1 is 0.900 bits per heavy atom. The second kappa shape index (κ2) is 7.79. The van der Waals surface area contributed by atoms with Crippen LogP contribution < -0.4 is 0 Å². The number of piperidine rings is 1. The zero-order valence-corrected chi connectivity index (χ0v) is 12.9. The van der Waals surface area contributed by atoms with E-state index in [-0.39, 0.29) is 5.75 Å². The van der Waals surface area contributed by atoms with Gasteiger partial charge in [0.15, 0.2) is 9.84 Å². The predicted octanol–water partition coefficient (Wildman–Crippen LogP) is 3.12. The van der Waals surface area contributed by atoms with E-state index in [4.69, 9.17) is 0 Å². The molecule has 1 heterocycles. The Hall–Kier alpha value is -0.870. The van der Waals surface area contributed by atoms with Crippen LogP contribution in [0.2, 0.25) is 0 Å². The summed E-state index contributed by atoms with van der Waals surface area (Å²) in [6.45, 7) is 3.58. The number of hydrogen-bond donors (Lipinski definition) is 0. The second-order valence-electron chi connectivity index (χ2n) is 5.59. The summed E-state index contributed by atoms with van der Waals surface area (Å²) in [7, 11) is -3.08. The average molecular weight is 295 g/mol. The molecule has 1 fully saturated rings. The molecule has 0 bridgehead atoms. The molecule has 2 rings (SSSR count). The third-order valence-corrected chi connectivity index (χ3v) is 5.75. The zero-order valence-electron chi connectivity index (χ0n) is 12.1. The highest BCUT2D eigenvalue weighted by Crippen LogP contribution is 2.13. The minimum atomic E-state index is -3.08. The average Bonchev–Trinajstić information content (AvgIpc) is 2.49. The first-order valence-corrected chi connectivity index (χ1v) is 9.34. The van der Waals surface area contributed by atoms with E-state index in [9.17, 15) is 8.42 Å². The SMILES string of the molecule is O=S(=O)(CCCCCN1CCCCC1)c1ccccc1. The number of hydrogen-bond acceptors (Lipinski definition) is 3. The lowest BCUT2D eigenvalue weighted by Gasteiger charge is -2.26. The van der Waals surface area contributed by atoms with Gasteiger partial charge in [-0.2, -0.15) is 0 Å². The van der Waals surface area contributed by atoms with Crippen molar-refractivity contribution in [2.75, 3.05) is 25.4 Å². The molecule has 1 aromatic rings. The Bertz CT molecular complexity index is 478. The summed E-state index contributed by atoms with van der Waals surface area (Å²) in [5.41, 5.74) is 0. The third-order valence-electron chi connectivity index (χ3n) is 3.94. The first-order valence-electron chi connectivity index (χ1n) is 7.69. The van der Waals surface area contributed by atoms with Crippen LogP contribution in [-0.2, 0) is 9.84 Å². The Morgan fingerprint density at radius 2 is 1.60 bits per heavy atom. The second-order valence-corrected chi connectivity index (χ2v) is 7.70. The quantitative estimate of drug-likeness (QED) is 0.725. The molecule has 20 heavy (non-hydrogen) atoms. The van der Waals surface area contributed by atoms with E-state index in [0.29, 0.717) is 4.90 Å². The van der Waals surface area contributed by atoms with Crippen molar-refractivity contribution in [3.63, 3.8) is 0 Å². The van der Waals surface area contributed by atoms with Crippen molar-refractivity contribution >= 4 is 9.84 Å². The number of rotatable bonds is 7. The maximum Gasteiger partial charge on any atom is 0.178 e. The number of unbranched alkanes of at least 4 members (excludes halogenated alkanes) is 2. The van der Waals surface area contributed by atoms with Crippen molar-refractivity contribution in [1.82, 2.24) is 4.90 Å². The fourth-order valence-corrected chi connectivity index (χ4v) is 4.12. The fourth-order valence-electron chi connectivity index (χ4n) is 2.73. The molecule has 0 aliphatic carbocycles. The van der Waals surface area contributed by atoms with Gasteiger partial charge in [0.2, 0.25) is 0 Å². The highest BCUT2D eigenvalue weighted by atomic mass is 32.2. The Kier molecular flexibility index (Phi) is 6.05. The van der Waals surface area contributed by atoms with Gasteiger partial charge in [-0.3, -0.25) is 0 Å². The molecule has 0 atom stereocenters. The van der Waals surface area contributed by atoms with Crippen molar-refractivity contribution in [3.8, 4) is 0 Å². The summed E-state index contributed by atoms with van der Waals surface area (Å²) < 4.78 is 24.2. The summed E-state index contributed by atoms with van der Waals surface area (Å²) in [6, 6.07) is 8.77. The van der Waals surface area contributed by atoms with E-state index in [2.05, 4.69) is 4.90 Å². The maximum absolute atomic E-state index is 12.1. The van der Waals surface area contributed by atoms with Gasteiger partial charge < -0.3 is 4.90 Å². The summed E-state index contributed by atoms with van der Waals surface area (Å²) >= 11 is 0. The summed E-state index contributed by atoms with van der Waals surface area (Å²) in [4.78, 5) is 2.96. The lowest BCUT2D eigenvalue weighted by molar-refractivity contribution is 0.224. The summed E-state index contributed by atoms with van der Waals surface area (Å²) in [5.74, 6) is 0.275. The minimum absolute atomic E-state index is 0.275. The maximum atomic E-state index is 12.1. The van der Waals surface area contributed by atoms with Gasteiger partial charge >= 0.3 is 0 Å². The highest BCUT2D eigenvalue weighted by Gasteiger charge is 2.13. The van der Waals surface area contributed by atoms with Crippen LogP contribution in [0.4, 0.5) is 0 Å². The minimum Gasteiger partial charge on any atom is -0.303 e. The van der Waals surface area contributed by atoms with Crippen molar-refractivity contribution in [2.24, 2.45) is 0 Å². The van der Waals surface area contributed by atoms with Crippen LogP contribution in [0.3, 0.4) is 0 Å². The fraction of sp³-hybridized carbons (Fsp3) is 0.625. The number of nitrogens with zero attached hydrogens (tertiary/aromatic N) is 1. The number of sulfone groups is 1. The smallest absolute Gasteiger partial charge is 0.178 e. The van der Waals surface area contributed by atoms with Gasteiger partial charge in [-0.1, -0.05) is 31.0 Å². The van der Waals surface area contributed by atoms with Gasteiger partial charge in [-0.25, -0.2) is 8.42 Å². The molecule has 1 aromatic carbocycles. The third kappa shape index (κ3) is 4.91. The van der Waals surface area contributed by atoms with E-state index in [1.165, 1.54) is 32.4 Å². The number of benzene rings is 1. The zero-order chi connectivity index (χ0) is 14.3. The lowest BCUT2D eigenvalue weighted by Crippen LogP contribution is -2.30. The van der Waals surface area contributed by atoms with Gasteiger partial charge in [0.1, 0.15) is 0 Å². The Morgan fingerprint density at radius 3 is 2.30 bits per heavy atom. The van der Waals surface area contributed by atoms with Crippen LogP contribution >= 0.6 is 0 Å². The van der Waals surface area contributed by atoms with E-state index >= 15 is 0 Å². The van der Waals surface area contributed by atoms with Crippen LogP contribution in [-0.4, -0.2) is 38.7 Å².